The van der Waals surface area contributed by atoms with E-state index >= 15 is 0 Å². The average molecular weight is 196 g/mol. The SMILES string of the molecule is CCCn1ncnc1CC(C)CNC. The number of aromatic nitrogens is 3. The lowest BCUT2D eigenvalue weighted by Gasteiger charge is -2.10. The highest BCUT2D eigenvalue weighted by atomic mass is 15.3. The van der Waals surface area contributed by atoms with E-state index in [0.29, 0.717) is 5.92 Å². The van der Waals surface area contributed by atoms with Gasteiger partial charge in [-0.25, -0.2) is 4.98 Å². The lowest BCUT2D eigenvalue weighted by atomic mass is 10.1. The molecule has 1 aromatic heterocycles. The van der Waals surface area contributed by atoms with Crippen LogP contribution in [0, 0.1) is 5.92 Å². The molecule has 0 radical (unpaired) electrons. The predicted molar refractivity (Wildman–Crippen MR) is 57.1 cm³/mol. The second-order valence-corrected chi connectivity index (χ2v) is 3.77. The van der Waals surface area contributed by atoms with Crippen LogP contribution in [0.2, 0.25) is 0 Å². The van der Waals surface area contributed by atoms with E-state index in [1.165, 1.54) is 0 Å². The zero-order valence-electron chi connectivity index (χ0n) is 9.32. The molecule has 0 aliphatic carbocycles. The van der Waals surface area contributed by atoms with Crippen molar-refractivity contribution in [1.82, 2.24) is 20.1 Å². The molecule has 1 heterocycles. The van der Waals surface area contributed by atoms with E-state index in [1.807, 2.05) is 11.7 Å². The molecule has 1 atom stereocenters. The fourth-order valence-electron chi connectivity index (χ4n) is 1.58. The minimum atomic E-state index is 0.611. The van der Waals surface area contributed by atoms with E-state index in [1.54, 1.807) is 6.33 Å². The fraction of sp³-hybridized carbons (Fsp3) is 0.800. The first-order chi connectivity index (χ1) is 6.77. The Hall–Kier alpha value is -0.900. The molecule has 1 N–H and O–H groups in total. The van der Waals surface area contributed by atoms with Gasteiger partial charge < -0.3 is 5.32 Å². The number of nitrogens with one attached hydrogen (secondary N) is 1. The largest absolute Gasteiger partial charge is 0.319 e. The third kappa shape index (κ3) is 3.10. The van der Waals surface area contributed by atoms with E-state index < -0.39 is 0 Å². The van der Waals surface area contributed by atoms with E-state index in [4.69, 9.17) is 0 Å². The van der Waals surface area contributed by atoms with Gasteiger partial charge in [-0.2, -0.15) is 5.10 Å². The molecule has 80 valence electrons. The second-order valence-electron chi connectivity index (χ2n) is 3.77. The maximum atomic E-state index is 4.28. The second kappa shape index (κ2) is 5.75. The molecule has 0 aromatic carbocycles. The normalized spacial score (nSPS) is 13.1. The van der Waals surface area contributed by atoms with Gasteiger partial charge in [0.2, 0.25) is 0 Å². The van der Waals surface area contributed by atoms with Crippen LogP contribution in [0.4, 0.5) is 0 Å². The van der Waals surface area contributed by atoms with Crippen molar-refractivity contribution >= 4 is 0 Å². The third-order valence-corrected chi connectivity index (χ3v) is 2.21. The van der Waals surface area contributed by atoms with Crippen LogP contribution in [0.5, 0.6) is 0 Å². The zero-order chi connectivity index (χ0) is 10.4. The van der Waals surface area contributed by atoms with Gasteiger partial charge in [0.15, 0.2) is 0 Å². The first-order valence-corrected chi connectivity index (χ1v) is 5.29. The highest BCUT2D eigenvalue weighted by Gasteiger charge is 2.08. The smallest absolute Gasteiger partial charge is 0.138 e. The van der Waals surface area contributed by atoms with Crippen molar-refractivity contribution in [2.24, 2.45) is 5.92 Å². The molecule has 0 bridgehead atoms. The summed E-state index contributed by atoms with van der Waals surface area (Å²) in [5, 5.41) is 7.38. The molecule has 0 aliphatic heterocycles. The number of hydrogen-bond acceptors (Lipinski definition) is 3. The number of hydrogen-bond donors (Lipinski definition) is 1. The van der Waals surface area contributed by atoms with Crippen LogP contribution in [0.15, 0.2) is 6.33 Å². The van der Waals surface area contributed by atoms with Crippen LogP contribution < -0.4 is 5.32 Å². The summed E-state index contributed by atoms with van der Waals surface area (Å²) in [7, 11) is 1.98. The molecule has 1 aromatic rings. The Morgan fingerprint density at radius 3 is 3.00 bits per heavy atom. The van der Waals surface area contributed by atoms with Crippen molar-refractivity contribution in [2.75, 3.05) is 13.6 Å². The van der Waals surface area contributed by atoms with Crippen LogP contribution in [0.1, 0.15) is 26.1 Å². The summed E-state index contributed by atoms with van der Waals surface area (Å²) in [4.78, 5) is 4.28. The van der Waals surface area contributed by atoms with Gasteiger partial charge in [-0.1, -0.05) is 13.8 Å². The number of nitrogens with zero attached hydrogens (tertiary/aromatic N) is 3. The molecule has 1 rings (SSSR count). The van der Waals surface area contributed by atoms with Gasteiger partial charge in [-0.3, -0.25) is 4.68 Å². The van der Waals surface area contributed by atoms with Gasteiger partial charge in [0.05, 0.1) is 0 Å². The monoisotopic (exact) mass is 196 g/mol. The molecular formula is C10H20N4. The molecule has 0 aliphatic rings. The predicted octanol–water partition coefficient (Wildman–Crippen LogP) is 1.09. The Balaban J connectivity index is 2.52. The summed E-state index contributed by atoms with van der Waals surface area (Å²) in [6, 6.07) is 0. The molecule has 1 unspecified atom stereocenters. The third-order valence-electron chi connectivity index (χ3n) is 2.21. The van der Waals surface area contributed by atoms with Gasteiger partial charge in [0.1, 0.15) is 12.2 Å². The highest BCUT2D eigenvalue weighted by molar-refractivity contribution is 4.86. The standard InChI is InChI=1S/C10H20N4/c1-4-5-14-10(12-8-13-14)6-9(2)7-11-3/h8-9,11H,4-7H2,1-3H3. The number of aryl methyl sites for hydroxylation is 1. The van der Waals surface area contributed by atoms with Crippen LogP contribution >= 0.6 is 0 Å². The summed E-state index contributed by atoms with van der Waals surface area (Å²) < 4.78 is 2.01. The summed E-state index contributed by atoms with van der Waals surface area (Å²) in [5.41, 5.74) is 0. The van der Waals surface area contributed by atoms with Crippen LogP contribution in [0.25, 0.3) is 0 Å². The highest BCUT2D eigenvalue weighted by Crippen LogP contribution is 2.05. The molecule has 0 amide bonds. The first kappa shape index (κ1) is 11.2. The van der Waals surface area contributed by atoms with Crippen LogP contribution in [-0.2, 0) is 13.0 Å². The molecule has 0 fully saturated rings. The van der Waals surface area contributed by atoms with E-state index in [2.05, 4.69) is 29.2 Å². The van der Waals surface area contributed by atoms with Gasteiger partial charge in [0, 0.05) is 13.0 Å². The molecular weight excluding hydrogens is 176 g/mol. The van der Waals surface area contributed by atoms with Crippen molar-refractivity contribution in [3.8, 4) is 0 Å². The van der Waals surface area contributed by atoms with Crippen molar-refractivity contribution < 1.29 is 0 Å². The molecule has 0 saturated carbocycles. The minimum Gasteiger partial charge on any atom is -0.319 e. The van der Waals surface area contributed by atoms with Crippen molar-refractivity contribution in [3.05, 3.63) is 12.2 Å². The van der Waals surface area contributed by atoms with Crippen molar-refractivity contribution in [1.29, 1.82) is 0 Å². The lowest BCUT2D eigenvalue weighted by molar-refractivity contribution is 0.491. The molecule has 4 nitrogen and oxygen atoms in total. The Morgan fingerprint density at radius 2 is 2.36 bits per heavy atom. The molecule has 14 heavy (non-hydrogen) atoms. The van der Waals surface area contributed by atoms with Gasteiger partial charge in [0.25, 0.3) is 0 Å². The van der Waals surface area contributed by atoms with Crippen molar-refractivity contribution in [3.63, 3.8) is 0 Å². The van der Waals surface area contributed by atoms with Gasteiger partial charge in [-0.15, -0.1) is 0 Å². The Morgan fingerprint density at radius 1 is 1.57 bits per heavy atom. The molecule has 4 heteroatoms. The van der Waals surface area contributed by atoms with Crippen molar-refractivity contribution in [2.45, 2.75) is 33.2 Å². The quantitative estimate of drug-likeness (QED) is 0.740. The van der Waals surface area contributed by atoms with Gasteiger partial charge >= 0.3 is 0 Å². The number of rotatable bonds is 6. The molecule has 0 spiro atoms. The van der Waals surface area contributed by atoms with E-state index in [9.17, 15) is 0 Å². The zero-order valence-corrected chi connectivity index (χ0v) is 9.32. The minimum absolute atomic E-state index is 0.611. The van der Waals surface area contributed by atoms with Gasteiger partial charge in [-0.05, 0) is 25.9 Å². The topological polar surface area (TPSA) is 42.7 Å². The maximum Gasteiger partial charge on any atom is 0.138 e. The Labute approximate surface area is 85.7 Å². The summed E-state index contributed by atoms with van der Waals surface area (Å²) in [6.45, 7) is 6.38. The van der Waals surface area contributed by atoms with Crippen LogP contribution in [-0.4, -0.2) is 28.4 Å². The summed E-state index contributed by atoms with van der Waals surface area (Å²) in [5.74, 6) is 1.72. The fourth-order valence-corrected chi connectivity index (χ4v) is 1.58. The van der Waals surface area contributed by atoms with E-state index in [0.717, 1.165) is 31.8 Å². The first-order valence-electron chi connectivity index (χ1n) is 5.29. The summed E-state index contributed by atoms with van der Waals surface area (Å²) >= 11 is 0. The molecule has 0 saturated heterocycles. The Kier molecular flexibility index (Phi) is 4.59. The van der Waals surface area contributed by atoms with E-state index in [-0.39, 0.29) is 0 Å². The van der Waals surface area contributed by atoms with Crippen LogP contribution in [0.3, 0.4) is 0 Å². The maximum absolute atomic E-state index is 4.28. The lowest BCUT2D eigenvalue weighted by Crippen LogP contribution is -2.20. The Bertz CT molecular complexity index is 256. The summed E-state index contributed by atoms with van der Waals surface area (Å²) in [6.07, 6.45) is 3.76. The average Bonchev–Trinajstić information content (AvgIpc) is 2.54.